The third kappa shape index (κ3) is 3.41. The quantitative estimate of drug-likeness (QED) is 0.902. The van der Waals surface area contributed by atoms with Crippen LogP contribution < -0.4 is 5.32 Å². The monoisotopic (exact) mass is 266 g/mol. The summed E-state index contributed by atoms with van der Waals surface area (Å²) in [7, 11) is 0. The summed E-state index contributed by atoms with van der Waals surface area (Å²) in [5.41, 5.74) is 2.09. The minimum atomic E-state index is 0.141. The molecule has 4 heteroatoms. The molecule has 0 spiro atoms. The molecule has 1 fully saturated rings. The van der Waals surface area contributed by atoms with Crippen molar-refractivity contribution in [2.45, 2.75) is 31.7 Å². The summed E-state index contributed by atoms with van der Waals surface area (Å²) in [6, 6.07) is 10.1. The summed E-state index contributed by atoms with van der Waals surface area (Å²) >= 11 is 0. The molecular formula is C16H16N3O. The molecule has 0 atom stereocenters. The van der Waals surface area contributed by atoms with E-state index >= 15 is 0 Å². The first-order valence-electron chi connectivity index (χ1n) is 6.89. The molecule has 20 heavy (non-hydrogen) atoms. The highest BCUT2D eigenvalue weighted by Crippen LogP contribution is 2.19. The maximum atomic E-state index is 11.7. The van der Waals surface area contributed by atoms with Crippen molar-refractivity contribution in [3.8, 4) is 11.4 Å². The van der Waals surface area contributed by atoms with Gasteiger partial charge in [-0.25, -0.2) is 9.97 Å². The van der Waals surface area contributed by atoms with Gasteiger partial charge in [-0.3, -0.25) is 4.79 Å². The molecule has 1 aromatic heterocycles. The lowest BCUT2D eigenvalue weighted by Crippen LogP contribution is -2.25. The molecular weight excluding hydrogens is 250 g/mol. The van der Waals surface area contributed by atoms with Gasteiger partial charge in [0.1, 0.15) is 0 Å². The van der Waals surface area contributed by atoms with Crippen LogP contribution in [0.5, 0.6) is 0 Å². The molecule has 1 amide bonds. The molecule has 0 saturated heterocycles. The lowest BCUT2D eigenvalue weighted by Gasteiger charge is -2.05. The summed E-state index contributed by atoms with van der Waals surface area (Å²) in [6.07, 6.45) is 7.98. The zero-order valence-electron chi connectivity index (χ0n) is 11.2. The fourth-order valence-corrected chi connectivity index (χ4v) is 2.06. The third-order valence-corrected chi connectivity index (χ3v) is 3.28. The van der Waals surface area contributed by atoms with E-state index in [1.54, 1.807) is 12.3 Å². The van der Waals surface area contributed by atoms with Gasteiger partial charge in [0.15, 0.2) is 5.82 Å². The molecule has 1 aromatic carbocycles. The lowest BCUT2D eigenvalue weighted by molar-refractivity contribution is -0.121. The zero-order chi connectivity index (χ0) is 13.8. The summed E-state index contributed by atoms with van der Waals surface area (Å²) in [5, 5.41) is 3.00. The molecule has 1 aliphatic carbocycles. The number of rotatable bonds is 5. The molecule has 4 nitrogen and oxygen atoms in total. The van der Waals surface area contributed by atoms with E-state index in [1.165, 1.54) is 0 Å². The average molecular weight is 266 g/mol. The average Bonchev–Trinajstić information content (AvgIpc) is 3.30. The van der Waals surface area contributed by atoms with Crippen molar-refractivity contribution in [2.24, 2.45) is 0 Å². The van der Waals surface area contributed by atoms with Crippen LogP contribution in [-0.2, 0) is 11.2 Å². The number of benzene rings is 1. The van der Waals surface area contributed by atoms with Gasteiger partial charge in [-0.15, -0.1) is 0 Å². The van der Waals surface area contributed by atoms with Gasteiger partial charge in [-0.1, -0.05) is 18.2 Å². The van der Waals surface area contributed by atoms with Gasteiger partial charge in [-0.2, -0.15) is 0 Å². The van der Waals surface area contributed by atoms with E-state index in [-0.39, 0.29) is 5.91 Å². The Morgan fingerprint density at radius 2 is 2.30 bits per heavy atom. The topological polar surface area (TPSA) is 54.9 Å². The molecule has 2 aromatic rings. The molecule has 1 saturated carbocycles. The Kier molecular flexibility index (Phi) is 3.72. The Labute approximate surface area is 118 Å². The number of aryl methyl sites for hydroxylation is 1. The van der Waals surface area contributed by atoms with E-state index in [9.17, 15) is 4.79 Å². The molecule has 0 unspecified atom stereocenters. The van der Waals surface area contributed by atoms with Crippen LogP contribution in [0.4, 0.5) is 0 Å². The highest BCUT2D eigenvalue weighted by atomic mass is 16.1. The molecule has 101 valence electrons. The van der Waals surface area contributed by atoms with Gasteiger partial charge < -0.3 is 5.32 Å². The molecule has 0 bridgehead atoms. The Hall–Kier alpha value is -2.23. The SMILES string of the molecule is O=C(CCc1cccc(-c2n[c]ccn2)c1)NC1CC1. The van der Waals surface area contributed by atoms with Gasteiger partial charge in [0.25, 0.3) is 0 Å². The number of carbonyl (C=O) groups excluding carboxylic acids is 1. The van der Waals surface area contributed by atoms with Crippen LogP contribution in [0.1, 0.15) is 24.8 Å². The number of nitrogens with one attached hydrogen (secondary N) is 1. The van der Waals surface area contributed by atoms with E-state index in [0.717, 1.165) is 30.4 Å². The van der Waals surface area contributed by atoms with Crippen LogP contribution in [0.15, 0.2) is 36.5 Å². The summed E-state index contributed by atoms with van der Waals surface area (Å²) < 4.78 is 0. The number of carbonyl (C=O) groups is 1. The number of hydrogen-bond acceptors (Lipinski definition) is 3. The van der Waals surface area contributed by atoms with E-state index in [4.69, 9.17) is 0 Å². The minimum Gasteiger partial charge on any atom is -0.353 e. The zero-order valence-corrected chi connectivity index (χ0v) is 11.2. The second-order valence-electron chi connectivity index (χ2n) is 5.05. The molecule has 3 rings (SSSR count). The highest BCUT2D eigenvalue weighted by Gasteiger charge is 2.22. The van der Waals surface area contributed by atoms with Crippen LogP contribution in [0.25, 0.3) is 11.4 Å². The van der Waals surface area contributed by atoms with Gasteiger partial charge in [-0.05, 0) is 37.0 Å². The minimum absolute atomic E-state index is 0.141. The third-order valence-electron chi connectivity index (χ3n) is 3.28. The van der Waals surface area contributed by atoms with Crippen molar-refractivity contribution >= 4 is 5.91 Å². The van der Waals surface area contributed by atoms with Crippen molar-refractivity contribution < 1.29 is 4.79 Å². The van der Waals surface area contributed by atoms with Crippen LogP contribution in [0.3, 0.4) is 0 Å². The predicted octanol–water partition coefficient (Wildman–Crippen LogP) is 2.15. The van der Waals surface area contributed by atoms with E-state index < -0.39 is 0 Å². The van der Waals surface area contributed by atoms with Crippen LogP contribution in [-0.4, -0.2) is 21.9 Å². The first-order valence-corrected chi connectivity index (χ1v) is 6.89. The summed E-state index contributed by atoms with van der Waals surface area (Å²) in [6.45, 7) is 0. The first-order chi connectivity index (χ1) is 9.81. The van der Waals surface area contributed by atoms with Crippen molar-refractivity contribution in [1.29, 1.82) is 0 Å². The van der Waals surface area contributed by atoms with Crippen molar-refractivity contribution in [3.63, 3.8) is 0 Å². The Bertz CT molecular complexity index is 594. The maximum Gasteiger partial charge on any atom is 0.220 e. The summed E-state index contributed by atoms with van der Waals surface area (Å²) in [5.74, 6) is 0.805. The molecule has 1 N–H and O–H groups in total. The molecule has 1 aliphatic rings. The highest BCUT2D eigenvalue weighted by molar-refractivity contribution is 5.76. The van der Waals surface area contributed by atoms with Crippen LogP contribution in [0, 0.1) is 6.20 Å². The van der Waals surface area contributed by atoms with E-state index in [1.807, 2.05) is 24.3 Å². The van der Waals surface area contributed by atoms with Crippen molar-refractivity contribution in [3.05, 3.63) is 48.3 Å². The van der Waals surface area contributed by atoms with Gasteiger partial charge in [0.05, 0.1) is 6.20 Å². The number of hydrogen-bond donors (Lipinski definition) is 1. The number of amides is 1. The van der Waals surface area contributed by atoms with Gasteiger partial charge in [0.2, 0.25) is 5.91 Å². The number of aromatic nitrogens is 2. The summed E-state index contributed by atoms with van der Waals surface area (Å²) in [4.78, 5) is 20.0. The lowest BCUT2D eigenvalue weighted by atomic mass is 10.1. The second kappa shape index (κ2) is 5.82. The van der Waals surface area contributed by atoms with Gasteiger partial charge >= 0.3 is 0 Å². The van der Waals surface area contributed by atoms with Gasteiger partial charge in [0, 0.05) is 24.2 Å². The molecule has 1 radical (unpaired) electrons. The smallest absolute Gasteiger partial charge is 0.220 e. The van der Waals surface area contributed by atoms with E-state index in [0.29, 0.717) is 18.3 Å². The Morgan fingerprint density at radius 3 is 3.05 bits per heavy atom. The molecule has 1 heterocycles. The van der Waals surface area contributed by atoms with Crippen LogP contribution >= 0.6 is 0 Å². The maximum absolute atomic E-state index is 11.7. The van der Waals surface area contributed by atoms with Crippen LogP contribution in [0.2, 0.25) is 0 Å². The first kappa shape index (κ1) is 12.8. The van der Waals surface area contributed by atoms with Crippen molar-refractivity contribution in [2.75, 3.05) is 0 Å². The predicted molar refractivity (Wildman–Crippen MR) is 75.8 cm³/mol. The standard InChI is InChI=1S/C16H16N3O/c20-15(19-14-6-7-14)8-5-12-3-1-4-13(11-12)16-17-9-2-10-18-16/h1-4,9,11,14H,5-8H2,(H,19,20). The van der Waals surface area contributed by atoms with E-state index in [2.05, 4.69) is 21.5 Å². The fraction of sp³-hybridized carbons (Fsp3) is 0.312. The Morgan fingerprint density at radius 1 is 1.40 bits per heavy atom. The number of nitrogens with zero attached hydrogens (tertiary/aromatic N) is 2. The largest absolute Gasteiger partial charge is 0.353 e. The normalized spacial score (nSPS) is 14.0. The molecule has 0 aliphatic heterocycles. The van der Waals surface area contributed by atoms with Crippen molar-refractivity contribution in [1.82, 2.24) is 15.3 Å². The second-order valence-corrected chi connectivity index (χ2v) is 5.05. The Balaban J connectivity index is 1.63. The fourth-order valence-electron chi connectivity index (χ4n) is 2.06.